The molecule has 0 radical (unpaired) electrons. The molecule has 98 valence electrons. The third-order valence-electron chi connectivity index (χ3n) is 3.23. The molecule has 2 rings (SSSR count). The summed E-state index contributed by atoms with van der Waals surface area (Å²) in [7, 11) is -4.01. The van der Waals surface area contributed by atoms with Crippen LogP contribution in [0.4, 0.5) is 4.39 Å². The van der Waals surface area contributed by atoms with Crippen LogP contribution in [0.1, 0.15) is 32.6 Å². The lowest BCUT2D eigenvalue weighted by atomic mass is 10.2. The average Bonchev–Trinajstić information content (AvgIpc) is 3.04. The van der Waals surface area contributed by atoms with Gasteiger partial charge in [0.2, 0.25) is 5.91 Å². The van der Waals surface area contributed by atoms with Crippen LogP contribution >= 0.6 is 0 Å². The van der Waals surface area contributed by atoms with E-state index in [4.69, 9.17) is 4.18 Å². The van der Waals surface area contributed by atoms with Gasteiger partial charge in [0.25, 0.3) is 0 Å². The molecule has 2 fully saturated rings. The van der Waals surface area contributed by atoms with Gasteiger partial charge in [-0.3, -0.25) is 9.18 Å². The van der Waals surface area contributed by atoms with Crippen LogP contribution in [0.15, 0.2) is 0 Å². The molecule has 0 spiro atoms. The van der Waals surface area contributed by atoms with Gasteiger partial charge in [-0.25, -0.2) is 8.91 Å². The van der Waals surface area contributed by atoms with Gasteiger partial charge in [0, 0.05) is 5.92 Å². The van der Waals surface area contributed by atoms with E-state index in [0.29, 0.717) is 25.7 Å². The molecule has 1 amide bonds. The highest BCUT2D eigenvalue weighted by Crippen LogP contribution is 2.42. The van der Waals surface area contributed by atoms with E-state index in [1.165, 1.54) is 0 Å². The first kappa shape index (κ1) is 12.8. The van der Waals surface area contributed by atoms with E-state index in [9.17, 15) is 17.6 Å². The van der Waals surface area contributed by atoms with Gasteiger partial charge in [-0.1, -0.05) is 0 Å². The lowest BCUT2D eigenvalue weighted by molar-refractivity contribution is -0.121. The summed E-state index contributed by atoms with van der Waals surface area (Å²) in [5.41, 5.74) is -0.645. The Morgan fingerprint density at radius 2 is 2.18 bits per heavy atom. The second-order valence-corrected chi connectivity index (χ2v) is 6.31. The van der Waals surface area contributed by atoms with Crippen molar-refractivity contribution in [3.63, 3.8) is 0 Å². The fourth-order valence-corrected chi connectivity index (χ4v) is 2.91. The molecule has 0 saturated heterocycles. The number of alkyl halides is 1. The lowest BCUT2D eigenvalue weighted by Gasteiger charge is -2.11. The van der Waals surface area contributed by atoms with Gasteiger partial charge in [0.1, 0.15) is 0 Å². The summed E-state index contributed by atoms with van der Waals surface area (Å²) in [4.78, 5) is 11.5. The Balaban J connectivity index is 1.82. The van der Waals surface area contributed by atoms with E-state index < -0.39 is 28.5 Å². The quantitative estimate of drug-likeness (QED) is 0.775. The molecule has 0 unspecified atom stereocenters. The van der Waals surface area contributed by atoms with Crippen LogP contribution in [-0.4, -0.2) is 26.6 Å². The third kappa shape index (κ3) is 3.38. The van der Waals surface area contributed by atoms with Crippen molar-refractivity contribution in [3.8, 4) is 0 Å². The van der Waals surface area contributed by atoms with Crippen LogP contribution in [0, 0.1) is 11.8 Å². The largest absolute Gasteiger partial charge is 0.362 e. The molecule has 7 heteroatoms. The number of halogens is 1. The second-order valence-electron chi connectivity index (χ2n) is 5.03. The van der Waals surface area contributed by atoms with Crippen molar-refractivity contribution < 1.29 is 21.8 Å². The summed E-state index contributed by atoms with van der Waals surface area (Å²) >= 11 is 0. The Kier molecular flexibility index (Phi) is 3.15. The molecular weight excluding hydrogens is 249 g/mol. The minimum atomic E-state index is -4.01. The standard InChI is InChI=1S/C10H16FNO4S/c1-10(3-4-10)16-17(14,15)12-9(13)8-6-7(8)2-5-11/h7-8H,2-6H2,1H3,(H,12,13)/t7-,8+/m1/s1. The van der Waals surface area contributed by atoms with Crippen LogP contribution in [0.25, 0.3) is 0 Å². The first-order valence-corrected chi connectivity index (χ1v) is 7.09. The van der Waals surface area contributed by atoms with Crippen LogP contribution in [0.5, 0.6) is 0 Å². The molecule has 0 aromatic carbocycles. The fourth-order valence-electron chi connectivity index (χ4n) is 1.77. The Hall–Kier alpha value is -0.690. The highest BCUT2D eigenvalue weighted by Gasteiger charge is 2.46. The molecule has 0 aromatic heterocycles. The molecule has 2 aliphatic carbocycles. The first-order chi connectivity index (χ1) is 7.85. The zero-order valence-corrected chi connectivity index (χ0v) is 10.4. The Morgan fingerprint density at radius 1 is 1.53 bits per heavy atom. The molecule has 2 aliphatic rings. The second kappa shape index (κ2) is 4.20. The molecule has 0 heterocycles. The minimum Gasteiger partial charge on any atom is -0.274 e. The van der Waals surface area contributed by atoms with Crippen molar-refractivity contribution >= 4 is 16.2 Å². The molecular formula is C10H16FNO4S. The SMILES string of the molecule is CC1(OS(=O)(=O)NC(=O)[C@H]2C[C@H]2CCF)CC1. The number of carbonyl (C=O) groups is 1. The van der Waals surface area contributed by atoms with Gasteiger partial charge in [-0.2, -0.15) is 8.42 Å². The summed E-state index contributed by atoms with van der Waals surface area (Å²) in [6.07, 6.45) is 2.23. The van der Waals surface area contributed by atoms with Crippen molar-refractivity contribution in [2.45, 2.75) is 38.2 Å². The van der Waals surface area contributed by atoms with Crippen LogP contribution in [-0.2, 0) is 19.3 Å². The molecule has 0 bridgehead atoms. The zero-order valence-electron chi connectivity index (χ0n) is 9.61. The summed E-state index contributed by atoms with van der Waals surface area (Å²) in [6.45, 7) is 1.20. The Morgan fingerprint density at radius 3 is 2.71 bits per heavy atom. The zero-order chi connectivity index (χ0) is 12.7. The minimum absolute atomic E-state index is 0.0216. The van der Waals surface area contributed by atoms with E-state index in [2.05, 4.69) is 0 Å². The van der Waals surface area contributed by atoms with E-state index in [1.807, 2.05) is 4.72 Å². The number of hydrogen-bond acceptors (Lipinski definition) is 4. The van der Waals surface area contributed by atoms with Crippen molar-refractivity contribution in [3.05, 3.63) is 0 Å². The summed E-state index contributed by atoms with van der Waals surface area (Å²) in [5.74, 6) is -0.976. The van der Waals surface area contributed by atoms with Crippen molar-refractivity contribution in [2.75, 3.05) is 6.67 Å². The molecule has 2 atom stereocenters. The van der Waals surface area contributed by atoms with Crippen molar-refractivity contribution in [1.29, 1.82) is 0 Å². The normalized spacial score (nSPS) is 29.8. The third-order valence-corrected chi connectivity index (χ3v) is 4.30. The topological polar surface area (TPSA) is 72.5 Å². The molecule has 0 aliphatic heterocycles. The predicted molar refractivity (Wildman–Crippen MR) is 58.0 cm³/mol. The van der Waals surface area contributed by atoms with Crippen LogP contribution in [0.2, 0.25) is 0 Å². The van der Waals surface area contributed by atoms with E-state index in [1.54, 1.807) is 6.92 Å². The molecule has 1 N–H and O–H groups in total. The predicted octanol–water partition coefficient (Wildman–Crippen LogP) is 0.912. The number of nitrogens with one attached hydrogen (secondary N) is 1. The van der Waals surface area contributed by atoms with Gasteiger partial charge in [0.05, 0.1) is 12.3 Å². The van der Waals surface area contributed by atoms with Gasteiger partial charge in [-0.15, -0.1) is 0 Å². The summed E-state index contributed by atoms with van der Waals surface area (Å²) in [6, 6.07) is 0. The maximum absolute atomic E-state index is 12.0. The van der Waals surface area contributed by atoms with Gasteiger partial charge < -0.3 is 0 Å². The molecule has 17 heavy (non-hydrogen) atoms. The summed E-state index contributed by atoms with van der Waals surface area (Å²) in [5, 5.41) is 0. The highest BCUT2D eigenvalue weighted by molar-refractivity contribution is 7.85. The molecule has 5 nitrogen and oxygen atoms in total. The highest BCUT2D eigenvalue weighted by atomic mass is 32.2. The monoisotopic (exact) mass is 265 g/mol. The smallest absolute Gasteiger partial charge is 0.274 e. The lowest BCUT2D eigenvalue weighted by Crippen LogP contribution is -2.36. The van der Waals surface area contributed by atoms with Gasteiger partial charge in [-0.05, 0) is 38.5 Å². The Bertz CT molecular complexity index is 418. The van der Waals surface area contributed by atoms with E-state index in [0.717, 1.165) is 0 Å². The number of amides is 1. The van der Waals surface area contributed by atoms with Gasteiger partial charge >= 0.3 is 10.3 Å². The summed E-state index contributed by atoms with van der Waals surface area (Å²) < 4.78 is 41.7. The van der Waals surface area contributed by atoms with E-state index in [-0.39, 0.29) is 11.8 Å². The molecule has 2 saturated carbocycles. The fraction of sp³-hybridized carbons (Fsp3) is 0.900. The van der Waals surface area contributed by atoms with E-state index >= 15 is 0 Å². The number of hydrogen-bond donors (Lipinski definition) is 1. The van der Waals surface area contributed by atoms with Gasteiger partial charge in [0.15, 0.2) is 0 Å². The number of carbonyl (C=O) groups excluding carboxylic acids is 1. The molecule has 0 aromatic rings. The van der Waals surface area contributed by atoms with Crippen molar-refractivity contribution in [2.24, 2.45) is 11.8 Å². The maximum Gasteiger partial charge on any atom is 0.362 e. The number of rotatable bonds is 6. The van der Waals surface area contributed by atoms with Crippen LogP contribution in [0.3, 0.4) is 0 Å². The first-order valence-electron chi connectivity index (χ1n) is 5.68. The Labute approximate surface area is 100.0 Å². The maximum atomic E-state index is 12.0. The van der Waals surface area contributed by atoms with Crippen LogP contribution < -0.4 is 4.72 Å². The van der Waals surface area contributed by atoms with Crippen molar-refractivity contribution in [1.82, 2.24) is 4.72 Å². The average molecular weight is 265 g/mol.